The second-order valence-electron chi connectivity index (χ2n) is 8.02. The number of allylic oxidation sites excluding steroid dienone is 1. The minimum absolute atomic E-state index is 0.202. The van der Waals surface area contributed by atoms with Gasteiger partial charge in [0.25, 0.3) is 0 Å². The maximum atomic E-state index is 12.5. The van der Waals surface area contributed by atoms with Crippen LogP contribution in [-0.2, 0) is 11.3 Å². The van der Waals surface area contributed by atoms with Crippen LogP contribution in [0.2, 0.25) is 0 Å². The van der Waals surface area contributed by atoms with Crippen molar-refractivity contribution >= 4 is 5.91 Å². The van der Waals surface area contributed by atoms with Gasteiger partial charge in [-0.25, -0.2) is 0 Å². The van der Waals surface area contributed by atoms with Gasteiger partial charge in [-0.15, -0.1) is 0 Å². The average Bonchev–Trinajstić information content (AvgIpc) is 3.21. The number of amides is 1. The number of hydrogen-bond donors (Lipinski definition) is 0. The van der Waals surface area contributed by atoms with E-state index in [0.29, 0.717) is 12.8 Å². The normalized spacial score (nSPS) is 23.9. The first-order valence-corrected chi connectivity index (χ1v) is 10.4. The Bertz CT molecular complexity index is 741. The summed E-state index contributed by atoms with van der Waals surface area (Å²) in [6, 6.07) is 6.74. The maximum absolute atomic E-state index is 12.5. The maximum Gasteiger partial charge on any atom is 0.249 e. The Morgan fingerprint density at radius 2 is 1.93 bits per heavy atom. The fourth-order valence-corrected chi connectivity index (χ4v) is 4.39. The smallest absolute Gasteiger partial charge is 0.249 e. The molecule has 0 aromatic heterocycles. The van der Waals surface area contributed by atoms with Crippen LogP contribution in [0, 0.1) is 0 Å². The predicted molar refractivity (Wildman–Crippen MR) is 108 cm³/mol. The zero-order valence-corrected chi connectivity index (χ0v) is 17.0. The lowest BCUT2D eigenvalue weighted by Gasteiger charge is -2.43. The van der Waals surface area contributed by atoms with Gasteiger partial charge in [0.2, 0.25) is 12.7 Å². The standard InChI is InChI=1S/C22H31N3O3/c1-3-17(2)22(26)25-8-4-5-19(15-25)24-11-9-23(10-12-24)14-18-6-7-20-21(13-18)28-16-27-20/h3,6-7,13,19H,4-5,8-12,14-16H2,1-2H3/b17-3+/t19-/m1/s1. The van der Waals surface area contributed by atoms with E-state index in [1.807, 2.05) is 30.9 Å². The number of ether oxygens (including phenoxy) is 2. The van der Waals surface area contributed by atoms with Gasteiger partial charge in [0.1, 0.15) is 0 Å². The van der Waals surface area contributed by atoms with Crippen LogP contribution >= 0.6 is 0 Å². The van der Waals surface area contributed by atoms with Crippen LogP contribution in [0.4, 0.5) is 0 Å². The minimum Gasteiger partial charge on any atom is -0.454 e. The van der Waals surface area contributed by atoms with Crippen LogP contribution in [0.1, 0.15) is 32.3 Å². The molecule has 1 amide bonds. The van der Waals surface area contributed by atoms with Crippen molar-refractivity contribution in [1.82, 2.24) is 14.7 Å². The zero-order chi connectivity index (χ0) is 19.5. The van der Waals surface area contributed by atoms with Gasteiger partial charge in [-0.1, -0.05) is 12.1 Å². The van der Waals surface area contributed by atoms with E-state index in [1.165, 1.54) is 12.0 Å². The molecule has 0 spiro atoms. The third-order valence-corrected chi connectivity index (χ3v) is 6.22. The molecule has 2 saturated heterocycles. The van der Waals surface area contributed by atoms with E-state index >= 15 is 0 Å². The van der Waals surface area contributed by atoms with Crippen LogP contribution in [0.25, 0.3) is 0 Å². The van der Waals surface area contributed by atoms with Crippen molar-refractivity contribution < 1.29 is 14.3 Å². The Labute approximate surface area is 167 Å². The summed E-state index contributed by atoms with van der Waals surface area (Å²) in [4.78, 5) is 19.6. The predicted octanol–water partition coefficient (Wildman–Crippen LogP) is 2.49. The highest BCUT2D eigenvalue weighted by molar-refractivity contribution is 5.92. The molecule has 28 heavy (non-hydrogen) atoms. The molecule has 0 radical (unpaired) electrons. The van der Waals surface area contributed by atoms with Gasteiger partial charge < -0.3 is 14.4 Å². The zero-order valence-electron chi connectivity index (χ0n) is 17.0. The number of benzene rings is 1. The van der Waals surface area contributed by atoms with E-state index in [4.69, 9.17) is 9.47 Å². The van der Waals surface area contributed by atoms with Crippen molar-refractivity contribution in [3.63, 3.8) is 0 Å². The van der Waals surface area contributed by atoms with E-state index < -0.39 is 0 Å². The fraction of sp³-hybridized carbons (Fsp3) is 0.591. The van der Waals surface area contributed by atoms with Gasteiger partial charge in [-0.2, -0.15) is 0 Å². The number of piperazine rings is 1. The van der Waals surface area contributed by atoms with Crippen LogP contribution in [0.3, 0.4) is 0 Å². The van der Waals surface area contributed by atoms with Crippen LogP contribution < -0.4 is 9.47 Å². The number of fused-ring (bicyclic) bond motifs is 1. The summed E-state index contributed by atoms with van der Waals surface area (Å²) in [7, 11) is 0. The van der Waals surface area contributed by atoms with E-state index in [-0.39, 0.29) is 5.91 Å². The van der Waals surface area contributed by atoms with E-state index in [9.17, 15) is 4.79 Å². The molecule has 152 valence electrons. The van der Waals surface area contributed by atoms with Gasteiger partial charge in [0.15, 0.2) is 11.5 Å². The highest BCUT2D eigenvalue weighted by Gasteiger charge is 2.30. The topological polar surface area (TPSA) is 45.3 Å². The molecule has 1 aromatic rings. The van der Waals surface area contributed by atoms with Gasteiger partial charge in [0.05, 0.1) is 0 Å². The van der Waals surface area contributed by atoms with Crippen molar-refractivity contribution in [3.8, 4) is 11.5 Å². The van der Waals surface area contributed by atoms with E-state index in [2.05, 4.69) is 21.9 Å². The van der Waals surface area contributed by atoms with Crippen LogP contribution in [0.15, 0.2) is 29.8 Å². The second kappa shape index (κ2) is 8.53. The Balaban J connectivity index is 1.28. The molecular formula is C22H31N3O3. The Kier molecular flexibility index (Phi) is 5.87. The number of hydrogen-bond acceptors (Lipinski definition) is 5. The van der Waals surface area contributed by atoms with E-state index in [0.717, 1.165) is 69.3 Å². The van der Waals surface area contributed by atoms with Gasteiger partial charge in [0, 0.05) is 57.4 Å². The Morgan fingerprint density at radius 3 is 2.71 bits per heavy atom. The first-order valence-electron chi connectivity index (χ1n) is 10.4. The first kappa shape index (κ1) is 19.3. The van der Waals surface area contributed by atoms with Gasteiger partial charge in [-0.3, -0.25) is 14.6 Å². The molecule has 4 rings (SSSR count). The molecule has 6 nitrogen and oxygen atoms in total. The van der Waals surface area contributed by atoms with Crippen molar-refractivity contribution in [3.05, 3.63) is 35.4 Å². The second-order valence-corrected chi connectivity index (χ2v) is 8.02. The minimum atomic E-state index is 0.202. The van der Waals surface area contributed by atoms with Gasteiger partial charge >= 0.3 is 0 Å². The number of likely N-dealkylation sites (tertiary alicyclic amines) is 1. The van der Waals surface area contributed by atoms with Crippen molar-refractivity contribution in [2.75, 3.05) is 46.1 Å². The molecule has 1 atom stereocenters. The molecule has 0 unspecified atom stereocenters. The highest BCUT2D eigenvalue weighted by Crippen LogP contribution is 2.33. The lowest BCUT2D eigenvalue weighted by atomic mass is 10.0. The van der Waals surface area contributed by atoms with Gasteiger partial charge in [-0.05, 0) is 44.4 Å². The summed E-state index contributed by atoms with van der Waals surface area (Å²) >= 11 is 0. The quantitative estimate of drug-likeness (QED) is 0.745. The monoisotopic (exact) mass is 385 g/mol. The Hall–Kier alpha value is -2.05. The summed E-state index contributed by atoms with van der Waals surface area (Å²) in [5, 5.41) is 0. The molecule has 3 heterocycles. The van der Waals surface area contributed by atoms with Crippen LogP contribution in [0.5, 0.6) is 11.5 Å². The average molecular weight is 386 g/mol. The lowest BCUT2D eigenvalue weighted by Crippen LogP contribution is -2.55. The van der Waals surface area contributed by atoms with Crippen molar-refractivity contribution in [1.29, 1.82) is 0 Å². The number of rotatable bonds is 4. The number of piperidine rings is 1. The number of carbonyl (C=O) groups is 1. The summed E-state index contributed by atoms with van der Waals surface area (Å²) in [6.45, 7) is 11.1. The summed E-state index contributed by atoms with van der Waals surface area (Å²) in [6.07, 6.45) is 4.21. The Morgan fingerprint density at radius 1 is 1.14 bits per heavy atom. The van der Waals surface area contributed by atoms with E-state index in [1.54, 1.807) is 0 Å². The molecule has 6 heteroatoms. The summed E-state index contributed by atoms with van der Waals surface area (Å²) in [5.41, 5.74) is 2.13. The van der Waals surface area contributed by atoms with Crippen molar-refractivity contribution in [2.45, 2.75) is 39.3 Å². The molecular weight excluding hydrogens is 354 g/mol. The lowest BCUT2D eigenvalue weighted by molar-refractivity contribution is -0.129. The third-order valence-electron chi connectivity index (χ3n) is 6.22. The molecule has 0 bridgehead atoms. The van der Waals surface area contributed by atoms with Crippen LogP contribution in [-0.4, -0.2) is 72.7 Å². The summed E-state index contributed by atoms with van der Waals surface area (Å²) < 4.78 is 10.9. The number of carbonyl (C=O) groups excluding carboxylic acids is 1. The molecule has 0 N–H and O–H groups in total. The third kappa shape index (κ3) is 4.18. The molecule has 1 aromatic carbocycles. The molecule has 2 fully saturated rings. The first-order chi connectivity index (χ1) is 13.6. The van der Waals surface area contributed by atoms with Crippen molar-refractivity contribution in [2.24, 2.45) is 0 Å². The number of nitrogens with zero attached hydrogens (tertiary/aromatic N) is 3. The largest absolute Gasteiger partial charge is 0.454 e. The molecule has 0 aliphatic carbocycles. The molecule has 0 saturated carbocycles. The summed E-state index contributed by atoms with van der Waals surface area (Å²) in [5.74, 6) is 1.91. The molecule has 3 aliphatic heterocycles. The fourth-order valence-electron chi connectivity index (χ4n) is 4.39. The SMILES string of the molecule is C/C=C(\C)C(=O)N1CCC[C@@H](N2CCN(Cc3ccc4c(c3)OCO4)CC2)C1. The highest BCUT2D eigenvalue weighted by atomic mass is 16.7. The molecule has 3 aliphatic rings.